The number of esters is 1. The van der Waals surface area contributed by atoms with E-state index in [1.54, 1.807) is 67.5 Å². The summed E-state index contributed by atoms with van der Waals surface area (Å²) in [6.45, 7) is 16.4. The summed E-state index contributed by atoms with van der Waals surface area (Å²) in [6.07, 6.45) is 2.62. The van der Waals surface area contributed by atoms with Crippen molar-refractivity contribution in [3.05, 3.63) is 108 Å². The highest BCUT2D eigenvalue weighted by Gasteiger charge is 2.42. The minimum absolute atomic E-state index is 0.00103. The van der Waals surface area contributed by atoms with Gasteiger partial charge in [0.25, 0.3) is 11.8 Å². The molecule has 3 aromatic rings. The van der Waals surface area contributed by atoms with Crippen LogP contribution >= 0.6 is 0 Å². The molecule has 0 fully saturated rings. The molecule has 1 aliphatic heterocycles. The molecule has 0 radical (unpaired) electrons. The predicted octanol–water partition coefficient (Wildman–Crippen LogP) is 5.97. The van der Waals surface area contributed by atoms with Crippen molar-refractivity contribution in [1.29, 1.82) is 0 Å². The van der Waals surface area contributed by atoms with Gasteiger partial charge >= 0.3 is 12.1 Å². The average molecular weight is 967 g/mol. The molecule has 0 aromatic heterocycles. The normalized spacial score (nSPS) is 20.1. The number of fused-ring (bicyclic) bond motifs is 3. The van der Waals surface area contributed by atoms with Gasteiger partial charge in [-0.15, -0.1) is 0 Å². The third-order valence-electron chi connectivity index (χ3n) is 12.2. The number of hydroxylamine groups is 4. The van der Waals surface area contributed by atoms with Crippen LogP contribution in [-0.4, -0.2) is 108 Å². The Bertz CT molecular complexity index is 2290. The Balaban J connectivity index is 1.33. The van der Waals surface area contributed by atoms with Crippen molar-refractivity contribution in [2.24, 2.45) is 23.7 Å². The Labute approximate surface area is 411 Å². The summed E-state index contributed by atoms with van der Waals surface area (Å²) < 4.78 is 11.3. The van der Waals surface area contributed by atoms with E-state index in [0.29, 0.717) is 0 Å². The van der Waals surface area contributed by atoms with E-state index >= 15 is 0 Å². The summed E-state index contributed by atoms with van der Waals surface area (Å²) in [6, 6.07) is 17.7. The number of amides is 6. The van der Waals surface area contributed by atoms with Crippen molar-refractivity contribution in [3.8, 4) is 11.1 Å². The first-order valence-electron chi connectivity index (χ1n) is 24.1. The smallest absolute Gasteiger partial charge is 0.407 e. The quantitative estimate of drug-likeness (QED) is 0.109. The number of alkyl carbamates (subject to hydrolysis) is 1. The fourth-order valence-electron chi connectivity index (χ4n) is 8.40. The van der Waals surface area contributed by atoms with Crippen LogP contribution in [0.4, 0.5) is 4.79 Å². The summed E-state index contributed by atoms with van der Waals surface area (Å²) in [5.74, 6) is -6.48. The molecule has 17 nitrogen and oxygen atoms in total. The Morgan fingerprint density at radius 2 is 1.33 bits per heavy atom. The van der Waals surface area contributed by atoms with Gasteiger partial charge in [-0.25, -0.2) is 19.7 Å². The number of ether oxygens (including phenoxy) is 2. The van der Waals surface area contributed by atoms with E-state index in [-0.39, 0.29) is 44.7 Å². The van der Waals surface area contributed by atoms with Gasteiger partial charge < -0.3 is 30.7 Å². The van der Waals surface area contributed by atoms with Gasteiger partial charge in [0, 0.05) is 5.92 Å². The van der Waals surface area contributed by atoms with Crippen LogP contribution < -0.4 is 21.3 Å². The second-order valence-electron chi connectivity index (χ2n) is 19.1. The Morgan fingerprint density at radius 1 is 0.714 bits per heavy atom. The van der Waals surface area contributed by atoms with E-state index in [1.165, 1.54) is 13.8 Å². The van der Waals surface area contributed by atoms with Crippen molar-refractivity contribution in [3.63, 3.8) is 0 Å². The van der Waals surface area contributed by atoms with E-state index in [4.69, 9.17) is 19.1 Å². The summed E-state index contributed by atoms with van der Waals surface area (Å²) in [7, 11) is 0. The Hall–Kier alpha value is -6.59. The van der Waals surface area contributed by atoms with Gasteiger partial charge in [0.05, 0.1) is 13.2 Å². The molecule has 6 atom stereocenters. The topological polar surface area (TPSA) is 211 Å². The molecule has 0 spiro atoms. The van der Waals surface area contributed by atoms with E-state index < -0.39 is 95.6 Å². The van der Waals surface area contributed by atoms with Gasteiger partial charge in [-0.05, 0) is 71.8 Å². The number of nitrogens with one attached hydrogen (secondary N) is 4. The summed E-state index contributed by atoms with van der Waals surface area (Å²) in [5, 5.41) is 12.7. The van der Waals surface area contributed by atoms with E-state index in [0.717, 1.165) is 37.9 Å². The lowest BCUT2D eigenvalue weighted by atomic mass is 9.98. The number of rotatable bonds is 14. The zero-order valence-electron chi connectivity index (χ0n) is 41.9. The van der Waals surface area contributed by atoms with Crippen LogP contribution in [0.3, 0.4) is 0 Å². The number of nitrogens with zero attached hydrogens (tertiary/aromatic N) is 2. The van der Waals surface area contributed by atoms with Crippen LogP contribution in [0.25, 0.3) is 11.1 Å². The van der Waals surface area contributed by atoms with Gasteiger partial charge in [-0.1, -0.05) is 146 Å². The van der Waals surface area contributed by atoms with E-state index in [9.17, 15) is 33.6 Å². The molecule has 1 aliphatic carbocycles. The summed E-state index contributed by atoms with van der Waals surface area (Å²) in [5.41, 5.74) is 4.95. The van der Waals surface area contributed by atoms with Gasteiger partial charge in [0.1, 0.15) is 49.5 Å². The van der Waals surface area contributed by atoms with Crippen LogP contribution in [0.15, 0.2) is 91.0 Å². The molecule has 0 saturated heterocycles. The third-order valence-corrected chi connectivity index (χ3v) is 12.2. The highest BCUT2D eigenvalue weighted by molar-refractivity contribution is 5.96. The third kappa shape index (κ3) is 13.8. The van der Waals surface area contributed by atoms with Crippen molar-refractivity contribution in [2.45, 2.75) is 124 Å². The van der Waals surface area contributed by atoms with Crippen LogP contribution in [-0.2, 0) is 54.5 Å². The highest BCUT2D eigenvalue weighted by Crippen LogP contribution is 2.44. The molecule has 0 saturated carbocycles. The monoisotopic (exact) mass is 967 g/mol. The second-order valence-corrected chi connectivity index (χ2v) is 19.1. The van der Waals surface area contributed by atoms with Crippen LogP contribution in [0.1, 0.15) is 98.3 Å². The summed E-state index contributed by atoms with van der Waals surface area (Å²) in [4.78, 5) is 110. The van der Waals surface area contributed by atoms with Crippen LogP contribution in [0.2, 0.25) is 0 Å². The zero-order valence-corrected chi connectivity index (χ0v) is 41.9. The van der Waals surface area contributed by atoms with Gasteiger partial charge in [0.15, 0.2) is 0 Å². The molecule has 17 heteroatoms. The first kappa shape index (κ1) is 54.4. The van der Waals surface area contributed by atoms with Crippen molar-refractivity contribution >= 4 is 41.6 Å². The molecule has 1 heterocycles. The fraction of sp³-hybridized carbons (Fsp3) is 0.491. The number of hydrogen-bond donors (Lipinski definition) is 4. The van der Waals surface area contributed by atoms with Gasteiger partial charge in [-0.3, -0.25) is 33.6 Å². The molecule has 3 aromatic carbocycles. The summed E-state index contributed by atoms with van der Waals surface area (Å²) >= 11 is 0. The molecule has 378 valence electrons. The number of carbonyl (C=O) groups excluding carboxylic acids is 7. The minimum atomic E-state index is -1.28. The van der Waals surface area contributed by atoms with E-state index in [1.807, 2.05) is 78.9 Å². The number of hydrogen-bond acceptors (Lipinski definition) is 11. The largest absolute Gasteiger partial charge is 0.459 e. The van der Waals surface area contributed by atoms with Gasteiger partial charge in [0.2, 0.25) is 17.7 Å². The molecule has 0 unspecified atom stereocenters. The molecular weight excluding hydrogens is 897 g/mol. The van der Waals surface area contributed by atoms with Crippen LogP contribution in [0.5, 0.6) is 0 Å². The molecule has 2 aliphatic rings. The Morgan fingerprint density at radius 3 is 1.91 bits per heavy atom. The average Bonchev–Trinajstić information content (AvgIpc) is 3.64. The standard InChI is InChI=1S/C53H70N6O11/c1-31(2)43-47(60)54-35(9)50(63)58(46(34(7)8)49(62)57-44(32(3)4)52(65)67-29-37-21-13-11-14-22-37)69-27-19-12-20-28-70-59(45(33(5)6)48(61)56-43)51(64)36(10)55-53(66)68-30-42-40-25-17-15-23-38(40)39-24-16-18-26-41(39)42/h11-19,21-26,31-36,42-46H,20,27-30H2,1-10H3,(H,54,60)(H,55,66)(H,56,61)(H,57,62)/b19-12+/t35-,36-,43-,44-,45+,46+/m0/s1. The first-order valence-corrected chi connectivity index (χ1v) is 24.1. The van der Waals surface area contributed by atoms with Crippen LogP contribution in [0, 0.1) is 23.7 Å². The number of benzene rings is 3. The zero-order chi connectivity index (χ0) is 51.2. The van der Waals surface area contributed by atoms with Gasteiger partial charge in [-0.2, -0.15) is 0 Å². The predicted molar refractivity (Wildman–Crippen MR) is 262 cm³/mol. The molecular formula is C53H70N6O11. The fourth-order valence-corrected chi connectivity index (χ4v) is 8.40. The lowest BCUT2D eigenvalue weighted by Gasteiger charge is -2.36. The van der Waals surface area contributed by atoms with E-state index in [2.05, 4.69) is 21.3 Å². The second kappa shape index (κ2) is 25.3. The minimum Gasteiger partial charge on any atom is -0.459 e. The maximum absolute atomic E-state index is 14.3. The first-order chi connectivity index (χ1) is 33.3. The maximum Gasteiger partial charge on any atom is 0.407 e. The molecule has 6 amide bonds. The molecule has 70 heavy (non-hydrogen) atoms. The van der Waals surface area contributed by atoms with Crippen molar-refractivity contribution < 1.29 is 52.7 Å². The lowest BCUT2D eigenvalue weighted by molar-refractivity contribution is -0.207. The number of carbonyl (C=O) groups is 7. The lowest BCUT2D eigenvalue weighted by Crippen LogP contribution is -2.62. The highest BCUT2D eigenvalue weighted by atomic mass is 16.7. The SMILES string of the molecule is CC(C)[C@@H]1NC(=O)[C@@H](C(C)C)N(C(=O)[C@H](C)NC(=O)OCC2c3ccccc3-c3ccccc32)OCC/C=C/CON([C@@H](C(=O)N[C@H](C(=O)OCc2ccccc2)C(C)C)C(C)C)C(=O)[C@H](C)NC1=O. The molecule has 5 rings (SSSR count). The molecule has 0 bridgehead atoms. The van der Waals surface area contributed by atoms with Crippen molar-refractivity contribution in [1.82, 2.24) is 31.4 Å². The Kier molecular flexibility index (Phi) is 19.7. The molecule has 4 N–H and O–H groups in total. The van der Waals surface area contributed by atoms with Crippen molar-refractivity contribution in [2.75, 3.05) is 19.8 Å². The maximum atomic E-state index is 14.3.